The lowest BCUT2D eigenvalue weighted by molar-refractivity contribution is -0.135. The molecular formula is C22H31N3O2. The molecule has 1 amide bonds. The van der Waals surface area contributed by atoms with E-state index in [0.717, 1.165) is 42.3 Å². The van der Waals surface area contributed by atoms with Crippen molar-refractivity contribution in [1.82, 2.24) is 10.1 Å². The van der Waals surface area contributed by atoms with Crippen LogP contribution in [0.5, 0.6) is 0 Å². The average Bonchev–Trinajstić information content (AvgIpc) is 3.30. The average molecular weight is 370 g/mol. The highest BCUT2D eigenvalue weighted by Gasteiger charge is 2.28. The first-order chi connectivity index (χ1) is 13.0. The van der Waals surface area contributed by atoms with Crippen LogP contribution in [0.25, 0.3) is 11.3 Å². The van der Waals surface area contributed by atoms with Crippen LogP contribution >= 0.6 is 0 Å². The van der Waals surface area contributed by atoms with Crippen LogP contribution < -0.4 is 4.90 Å². The molecule has 146 valence electrons. The van der Waals surface area contributed by atoms with E-state index >= 15 is 0 Å². The highest BCUT2D eigenvalue weighted by atomic mass is 16.5. The van der Waals surface area contributed by atoms with Crippen LogP contribution in [0.4, 0.5) is 5.88 Å². The maximum absolute atomic E-state index is 12.8. The molecule has 0 radical (unpaired) electrons. The van der Waals surface area contributed by atoms with E-state index in [1.165, 1.54) is 12.8 Å². The zero-order valence-electron chi connectivity index (χ0n) is 16.9. The van der Waals surface area contributed by atoms with E-state index in [9.17, 15) is 4.79 Å². The Balaban J connectivity index is 1.99. The highest BCUT2D eigenvalue weighted by molar-refractivity contribution is 5.79. The maximum atomic E-state index is 12.8. The lowest BCUT2D eigenvalue weighted by Crippen LogP contribution is -2.37. The van der Waals surface area contributed by atoms with Crippen LogP contribution in [-0.2, 0) is 11.3 Å². The van der Waals surface area contributed by atoms with Gasteiger partial charge in [0.05, 0.1) is 12.1 Å². The predicted molar refractivity (Wildman–Crippen MR) is 108 cm³/mol. The number of aromatic nitrogens is 1. The van der Waals surface area contributed by atoms with Gasteiger partial charge in [-0.05, 0) is 18.8 Å². The van der Waals surface area contributed by atoms with Gasteiger partial charge >= 0.3 is 0 Å². The Labute approximate surface area is 162 Å². The number of nitrogens with zero attached hydrogens (tertiary/aromatic N) is 3. The minimum absolute atomic E-state index is 0.0287. The second kappa shape index (κ2) is 8.59. The largest absolute Gasteiger partial charge is 0.340 e. The summed E-state index contributed by atoms with van der Waals surface area (Å²) in [4.78, 5) is 17.1. The Morgan fingerprint density at radius 2 is 1.81 bits per heavy atom. The molecule has 27 heavy (non-hydrogen) atoms. The zero-order valence-corrected chi connectivity index (χ0v) is 16.9. The van der Waals surface area contributed by atoms with Gasteiger partial charge in [0.1, 0.15) is 5.69 Å². The fraction of sp³-hybridized carbons (Fsp3) is 0.545. The molecule has 1 aliphatic rings. The van der Waals surface area contributed by atoms with E-state index in [-0.39, 0.29) is 11.8 Å². The van der Waals surface area contributed by atoms with Crippen LogP contribution in [-0.4, -0.2) is 35.6 Å². The molecule has 0 aliphatic carbocycles. The van der Waals surface area contributed by atoms with E-state index in [0.29, 0.717) is 12.5 Å². The Hall–Kier alpha value is -2.30. The fourth-order valence-electron chi connectivity index (χ4n) is 3.66. The molecule has 3 rings (SSSR count). The van der Waals surface area contributed by atoms with Gasteiger partial charge in [0.2, 0.25) is 11.8 Å². The van der Waals surface area contributed by atoms with E-state index in [4.69, 9.17) is 4.52 Å². The monoisotopic (exact) mass is 369 g/mol. The van der Waals surface area contributed by atoms with Gasteiger partial charge in [-0.3, -0.25) is 4.79 Å². The number of rotatable bonds is 7. The van der Waals surface area contributed by atoms with Crippen molar-refractivity contribution in [2.45, 2.75) is 47.1 Å². The minimum Gasteiger partial charge on any atom is -0.340 e. The van der Waals surface area contributed by atoms with Crippen molar-refractivity contribution >= 4 is 11.8 Å². The number of carbonyl (C=O) groups is 1. The summed E-state index contributed by atoms with van der Waals surface area (Å²) < 4.78 is 5.82. The molecule has 1 aliphatic heterocycles. The molecule has 0 spiro atoms. The van der Waals surface area contributed by atoms with Crippen molar-refractivity contribution in [1.29, 1.82) is 0 Å². The predicted octanol–water partition coefficient (Wildman–Crippen LogP) is 4.58. The normalized spacial score (nSPS) is 14.4. The molecule has 1 aromatic carbocycles. The summed E-state index contributed by atoms with van der Waals surface area (Å²) in [6.07, 6.45) is 2.34. The lowest BCUT2D eigenvalue weighted by Gasteiger charge is -2.27. The van der Waals surface area contributed by atoms with Crippen LogP contribution in [0.1, 0.15) is 46.1 Å². The number of anilines is 1. The van der Waals surface area contributed by atoms with Gasteiger partial charge in [-0.2, -0.15) is 0 Å². The fourth-order valence-corrected chi connectivity index (χ4v) is 3.66. The number of hydrogen-bond acceptors (Lipinski definition) is 4. The molecule has 2 heterocycles. The number of benzene rings is 1. The van der Waals surface area contributed by atoms with E-state index in [1.54, 1.807) is 0 Å². The van der Waals surface area contributed by atoms with E-state index in [2.05, 4.69) is 23.9 Å². The van der Waals surface area contributed by atoms with Crippen molar-refractivity contribution < 1.29 is 9.32 Å². The van der Waals surface area contributed by atoms with Crippen LogP contribution in [0.3, 0.4) is 0 Å². The molecule has 5 nitrogen and oxygen atoms in total. The second-order valence-corrected chi connectivity index (χ2v) is 8.14. The number of hydrogen-bond donors (Lipinski definition) is 0. The molecule has 1 saturated heterocycles. The molecule has 0 bridgehead atoms. The third kappa shape index (κ3) is 4.52. The summed E-state index contributed by atoms with van der Waals surface area (Å²) in [7, 11) is 0. The van der Waals surface area contributed by atoms with Gasteiger partial charge in [0.15, 0.2) is 0 Å². The molecule has 0 saturated carbocycles. The lowest BCUT2D eigenvalue weighted by atomic mass is 10.0. The topological polar surface area (TPSA) is 49.6 Å². The first-order valence-corrected chi connectivity index (χ1v) is 10.0. The van der Waals surface area contributed by atoms with Crippen LogP contribution in [0, 0.1) is 11.8 Å². The smallest absolute Gasteiger partial charge is 0.232 e. The maximum Gasteiger partial charge on any atom is 0.232 e. The quantitative estimate of drug-likeness (QED) is 0.717. The summed E-state index contributed by atoms with van der Waals surface area (Å²) in [5, 5.41) is 4.41. The first-order valence-electron chi connectivity index (χ1n) is 10.0. The molecule has 0 unspecified atom stereocenters. The highest BCUT2D eigenvalue weighted by Crippen LogP contribution is 2.34. The molecule has 1 aromatic heterocycles. The molecular weight excluding hydrogens is 338 g/mol. The third-order valence-corrected chi connectivity index (χ3v) is 4.95. The summed E-state index contributed by atoms with van der Waals surface area (Å²) >= 11 is 0. The van der Waals surface area contributed by atoms with Crippen LogP contribution in [0.2, 0.25) is 0 Å². The summed E-state index contributed by atoms with van der Waals surface area (Å²) in [6, 6.07) is 10.1. The Kier molecular flexibility index (Phi) is 6.19. The standard InChI is InChI=1S/C22H31N3O2/c1-16(2)14-25(21(26)17(3)4)15-19-20(18-10-6-5-7-11-18)23-27-22(19)24-12-8-9-13-24/h5-7,10-11,16-17H,8-9,12-15H2,1-4H3. The van der Waals surface area contributed by atoms with E-state index < -0.39 is 0 Å². The number of carbonyl (C=O) groups excluding carboxylic acids is 1. The number of amides is 1. The van der Waals surface area contributed by atoms with Gasteiger partial charge in [0, 0.05) is 31.1 Å². The van der Waals surface area contributed by atoms with Gasteiger partial charge in [-0.25, -0.2) is 0 Å². The third-order valence-electron chi connectivity index (χ3n) is 4.95. The minimum atomic E-state index is -0.0287. The van der Waals surface area contributed by atoms with Gasteiger partial charge in [0.25, 0.3) is 0 Å². The van der Waals surface area contributed by atoms with Crippen molar-refractivity contribution in [3.8, 4) is 11.3 Å². The first kappa shape index (κ1) is 19.5. The van der Waals surface area contributed by atoms with Crippen molar-refractivity contribution in [2.75, 3.05) is 24.5 Å². The van der Waals surface area contributed by atoms with Crippen molar-refractivity contribution in [2.24, 2.45) is 11.8 Å². The summed E-state index contributed by atoms with van der Waals surface area (Å²) in [6.45, 7) is 11.5. The Morgan fingerprint density at radius 3 is 2.41 bits per heavy atom. The Morgan fingerprint density at radius 1 is 1.15 bits per heavy atom. The SMILES string of the molecule is CC(C)CN(Cc1c(-c2ccccc2)noc1N1CCCC1)C(=O)C(C)C. The molecule has 2 aromatic rings. The van der Waals surface area contributed by atoms with Crippen molar-refractivity contribution in [3.05, 3.63) is 35.9 Å². The van der Waals surface area contributed by atoms with Gasteiger partial charge in [-0.15, -0.1) is 0 Å². The summed E-state index contributed by atoms with van der Waals surface area (Å²) in [5.41, 5.74) is 2.91. The summed E-state index contributed by atoms with van der Waals surface area (Å²) in [5.74, 6) is 1.38. The van der Waals surface area contributed by atoms with E-state index in [1.807, 2.05) is 49.1 Å². The van der Waals surface area contributed by atoms with Gasteiger partial charge in [-0.1, -0.05) is 63.2 Å². The molecule has 5 heteroatoms. The van der Waals surface area contributed by atoms with Gasteiger partial charge < -0.3 is 14.3 Å². The molecule has 0 N–H and O–H groups in total. The Bertz CT molecular complexity index is 746. The van der Waals surface area contributed by atoms with Crippen LogP contribution in [0.15, 0.2) is 34.9 Å². The van der Waals surface area contributed by atoms with Crippen molar-refractivity contribution in [3.63, 3.8) is 0 Å². The molecule has 0 atom stereocenters. The molecule has 1 fully saturated rings. The second-order valence-electron chi connectivity index (χ2n) is 8.14. The zero-order chi connectivity index (χ0) is 19.4.